The number of aliphatic hydroxyl groups excluding tert-OH is 1. The standard InChI is InChI=1S/C14H17N3O/c1-10-4-7-12(8-5-10)14-15-13(16-17(14)3)9-6-11(2)18/h4-5,7-8,18H,2,6,9H2,1,3H3. The number of nitrogens with zero attached hydrogens (tertiary/aromatic N) is 3. The minimum Gasteiger partial charge on any atom is -0.513 e. The van der Waals surface area contributed by atoms with E-state index in [9.17, 15) is 0 Å². The first-order chi connectivity index (χ1) is 8.56. The Morgan fingerprint density at radius 1 is 1.33 bits per heavy atom. The molecule has 0 radical (unpaired) electrons. The number of rotatable bonds is 4. The molecule has 1 aromatic carbocycles. The molecule has 94 valence electrons. The molecule has 1 N–H and O–H groups in total. The molecule has 0 bridgehead atoms. The molecule has 2 aromatic rings. The molecule has 1 heterocycles. The number of benzene rings is 1. The number of aromatic nitrogens is 3. The molecule has 1 aromatic heterocycles. The fraction of sp³-hybridized carbons (Fsp3) is 0.286. The van der Waals surface area contributed by atoms with Crippen LogP contribution in [0.25, 0.3) is 11.4 Å². The minimum atomic E-state index is 0.166. The van der Waals surface area contributed by atoms with Crippen LogP contribution in [-0.4, -0.2) is 19.9 Å². The van der Waals surface area contributed by atoms with Crippen molar-refractivity contribution in [3.8, 4) is 11.4 Å². The highest BCUT2D eigenvalue weighted by molar-refractivity contribution is 5.55. The highest BCUT2D eigenvalue weighted by Crippen LogP contribution is 2.17. The van der Waals surface area contributed by atoms with Crippen LogP contribution in [0.4, 0.5) is 0 Å². The summed E-state index contributed by atoms with van der Waals surface area (Å²) >= 11 is 0. The molecule has 0 saturated heterocycles. The van der Waals surface area contributed by atoms with Crippen LogP contribution in [0, 0.1) is 6.92 Å². The van der Waals surface area contributed by atoms with E-state index in [1.54, 1.807) is 4.68 Å². The van der Waals surface area contributed by atoms with Gasteiger partial charge in [0.05, 0.1) is 5.76 Å². The van der Waals surface area contributed by atoms with E-state index in [0.717, 1.165) is 17.2 Å². The lowest BCUT2D eigenvalue weighted by Gasteiger charge is -1.99. The lowest BCUT2D eigenvalue weighted by atomic mass is 10.1. The van der Waals surface area contributed by atoms with E-state index in [0.29, 0.717) is 12.8 Å². The van der Waals surface area contributed by atoms with E-state index < -0.39 is 0 Å². The van der Waals surface area contributed by atoms with Gasteiger partial charge >= 0.3 is 0 Å². The number of aliphatic hydroxyl groups is 1. The fourth-order valence-electron chi connectivity index (χ4n) is 1.75. The van der Waals surface area contributed by atoms with Crippen molar-refractivity contribution in [2.75, 3.05) is 0 Å². The third-order valence-corrected chi connectivity index (χ3v) is 2.75. The second-order valence-electron chi connectivity index (χ2n) is 4.41. The molecule has 0 aliphatic carbocycles. The number of hydrogen-bond acceptors (Lipinski definition) is 3. The van der Waals surface area contributed by atoms with E-state index in [2.05, 4.69) is 35.7 Å². The molecule has 0 unspecified atom stereocenters. The number of allylic oxidation sites excluding steroid dienone is 1. The zero-order chi connectivity index (χ0) is 13.1. The highest BCUT2D eigenvalue weighted by atomic mass is 16.3. The zero-order valence-electron chi connectivity index (χ0n) is 10.7. The van der Waals surface area contributed by atoms with Crippen LogP contribution in [0.15, 0.2) is 36.6 Å². The van der Waals surface area contributed by atoms with Crippen molar-refractivity contribution in [1.82, 2.24) is 14.8 Å². The fourth-order valence-corrected chi connectivity index (χ4v) is 1.75. The molecule has 18 heavy (non-hydrogen) atoms. The van der Waals surface area contributed by atoms with Gasteiger partial charge in [-0.3, -0.25) is 0 Å². The van der Waals surface area contributed by atoms with Gasteiger partial charge in [0.15, 0.2) is 11.6 Å². The maximum Gasteiger partial charge on any atom is 0.158 e. The third kappa shape index (κ3) is 2.77. The first-order valence-corrected chi connectivity index (χ1v) is 5.90. The Kier molecular flexibility index (Phi) is 3.46. The molecule has 0 amide bonds. The molecular weight excluding hydrogens is 226 g/mol. The van der Waals surface area contributed by atoms with Gasteiger partial charge in [0.25, 0.3) is 0 Å². The molecule has 0 aliphatic heterocycles. The Hall–Kier alpha value is -2.10. The molecular formula is C14H17N3O. The van der Waals surface area contributed by atoms with Crippen LogP contribution in [-0.2, 0) is 13.5 Å². The van der Waals surface area contributed by atoms with Crippen LogP contribution in [0.2, 0.25) is 0 Å². The van der Waals surface area contributed by atoms with Gasteiger partial charge in [-0.2, -0.15) is 5.10 Å². The van der Waals surface area contributed by atoms with Gasteiger partial charge in [0.1, 0.15) is 0 Å². The van der Waals surface area contributed by atoms with Crippen LogP contribution in [0.1, 0.15) is 17.8 Å². The summed E-state index contributed by atoms with van der Waals surface area (Å²) in [5.41, 5.74) is 2.27. The predicted octanol–water partition coefficient (Wildman–Crippen LogP) is 2.79. The van der Waals surface area contributed by atoms with Crippen molar-refractivity contribution >= 4 is 0 Å². The summed E-state index contributed by atoms with van der Waals surface area (Å²) in [6.07, 6.45) is 1.10. The Bertz CT molecular complexity index is 555. The lowest BCUT2D eigenvalue weighted by Crippen LogP contribution is -1.95. The Morgan fingerprint density at radius 2 is 2.00 bits per heavy atom. The third-order valence-electron chi connectivity index (χ3n) is 2.75. The summed E-state index contributed by atoms with van der Waals surface area (Å²) < 4.78 is 1.76. The summed E-state index contributed by atoms with van der Waals surface area (Å²) in [6.45, 7) is 5.51. The lowest BCUT2D eigenvalue weighted by molar-refractivity contribution is 0.390. The van der Waals surface area contributed by atoms with E-state index in [4.69, 9.17) is 5.11 Å². The topological polar surface area (TPSA) is 50.9 Å². The molecule has 4 nitrogen and oxygen atoms in total. The molecule has 0 atom stereocenters. The average molecular weight is 243 g/mol. The van der Waals surface area contributed by atoms with Crippen molar-refractivity contribution in [1.29, 1.82) is 0 Å². The van der Waals surface area contributed by atoms with Crippen LogP contribution in [0.3, 0.4) is 0 Å². The number of aryl methyl sites for hydroxylation is 3. The molecule has 2 rings (SSSR count). The van der Waals surface area contributed by atoms with E-state index >= 15 is 0 Å². The molecule has 0 saturated carbocycles. The van der Waals surface area contributed by atoms with Gasteiger partial charge in [-0.15, -0.1) is 0 Å². The van der Waals surface area contributed by atoms with Crippen molar-refractivity contribution in [3.05, 3.63) is 48.0 Å². The maximum atomic E-state index is 9.08. The van der Waals surface area contributed by atoms with Crippen molar-refractivity contribution in [2.24, 2.45) is 7.05 Å². The normalized spacial score (nSPS) is 10.6. The molecule has 4 heteroatoms. The quantitative estimate of drug-likeness (QED) is 0.840. The Morgan fingerprint density at radius 3 is 2.61 bits per heavy atom. The SMILES string of the molecule is C=C(O)CCc1nc(-c2ccc(C)cc2)n(C)n1. The van der Waals surface area contributed by atoms with Gasteiger partial charge in [0.2, 0.25) is 0 Å². The monoisotopic (exact) mass is 243 g/mol. The minimum absolute atomic E-state index is 0.166. The first kappa shape index (κ1) is 12.4. The molecule has 0 spiro atoms. The van der Waals surface area contributed by atoms with Crippen LogP contribution in [0.5, 0.6) is 0 Å². The molecule has 0 aliphatic rings. The van der Waals surface area contributed by atoms with Gasteiger partial charge < -0.3 is 5.11 Å². The predicted molar refractivity (Wildman–Crippen MR) is 71.3 cm³/mol. The molecule has 0 fully saturated rings. The van der Waals surface area contributed by atoms with Crippen molar-refractivity contribution in [3.63, 3.8) is 0 Å². The van der Waals surface area contributed by atoms with E-state index in [1.807, 2.05) is 19.2 Å². The van der Waals surface area contributed by atoms with Gasteiger partial charge in [-0.1, -0.05) is 36.4 Å². The second-order valence-corrected chi connectivity index (χ2v) is 4.41. The van der Waals surface area contributed by atoms with Gasteiger partial charge in [0, 0.05) is 25.5 Å². The second kappa shape index (κ2) is 5.04. The zero-order valence-corrected chi connectivity index (χ0v) is 10.7. The Labute approximate surface area is 107 Å². The summed E-state index contributed by atoms with van der Waals surface area (Å²) in [5, 5.41) is 13.4. The first-order valence-electron chi connectivity index (χ1n) is 5.90. The number of hydrogen-bond donors (Lipinski definition) is 1. The highest BCUT2D eigenvalue weighted by Gasteiger charge is 2.09. The van der Waals surface area contributed by atoms with Crippen LogP contribution >= 0.6 is 0 Å². The van der Waals surface area contributed by atoms with Gasteiger partial charge in [-0.25, -0.2) is 9.67 Å². The largest absolute Gasteiger partial charge is 0.513 e. The van der Waals surface area contributed by atoms with Crippen LogP contribution < -0.4 is 0 Å². The van der Waals surface area contributed by atoms with E-state index in [-0.39, 0.29) is 5.76 Å². The summed E-state index contributed by atoms with van der Waals surface area (Å²) in [7, 11) is 1.87. The van der Waals surface area contributed by atoms with Crippen molar-refractivity contribution < 1.29 is 5.11 Å². The van der Waals surface area contributed by atoms with E-state index in [1.165, 1.54) is 5.56 Å². The summed E-state index contributed by atoms with van der Waals surface area (Å²) in [6, 6.07) is 8.18. The maximum absolute atomic E-state index is 9.08. The average Bonchev–Trinajstić information content (AvgIpc) is 2.69. The summed E-state index contributed by atoms with van der Waals surface area (Å²) in [5.74, 6) is 1.73. The van der Waals surface area contributed by atoms with Gasteiger partial charge in [-0.05, 0) is 6.92 Å². The Balaban J connectivity index is 2.23. The van der Waals surface area contributed by atoms with Crippen molar-refractivity contribution in [2.45, 2.75) is 19.8 Å². The summed E-state index contributed by atoms with van der Waals surface area (Å²) in [4.78, 5) is 4.48. The smallest absolute Gasteiger partial charge is 0.158 e.